The number of nitrogens with one attached hydrogen (secondary N) is 1. The standard InChI is InChI=1S/C13H12FN3O2/c1-8-6-11(12(18)19-2)17-13(15-8)16-10-5-3-4-9(14)7-10/h3-7H,1-2H3,(H,15,16,17). The average Bonchev–Trinajstić information content (AvgIpc) is 2.37. The van der Waals surface area contributed by atoms with Crippen molar-refractivity contribution in [2.24, 2.45) is 0 Å². The highest BCUT2D eigenvalue weighted by Crippen LogP contribution is 2.15. The van der Waals surface area contributed by atoms with Gasteiger partial charge in [0, 0.05) is 11.4 Å². The van der Waals surface area contributed by atoms with Crippen LogP contribution in [0.2, 0.25) is 0 Å². The van der Waals surface area contributed by atoms with Crippen LogP contribution in [0.4, 0.5) is 16.0 Å². The lowest BCUT2D eigenvalue weighted by Crippen LogP contribution is -2.08. The Morgan fingerprint density at radius 2 is 2.11 bits per heavy atom. The number of aromatic nitrogens is 2. The van der Waals surface area contributed by atoms with E-state index in [0.717, 1.165) is 0 Å². The number of benzene rings is 1. The Morgan fingerprint density at radius 1 is 1.32 bits per heavy atom. The Labute approximate surface area is 109 Å². The molecule has 0 bridgehead atoms. The van der Waals surface area contributed by atoms with E-state index in [2.05, 4.69) is 20.0 Å². The third-order valence-corrected chi connectivity index (χ3v) is 2.33. The summed E-state index contributed by atoms with van der Waals surface area (Å²) in [6, 6.07) is 7.40. The second-order valence-electron chi connectivity index (χ2n) is 3.85. The number of carbonyl (C=O) groups excluding carboxylic acids is 1. The van der Waals surface area contributed by atoms with Crippen molar-refractivity contribution in [1.82, 2.24) is 9.97 Å². The first-order valence-electron chi connectivity index (χ1n) is 5.55. The minimum absolute atomic E-state index is 0.147. The Hall–Kier alpha value is -2.50. The first-order chi connectivity index (χ1) is 9.08. The number of aryl methyl sites for hydroxylation is 1. The molecule has 6 heteroatoms. The van der Waals surface area contributed by atoms with E-state index < -0.39 is 5.97 Å². The molecule has 0 radical (unpaired) electrons. The molecule has 1 heterocycles. The number of anilines is 2. The van der Waals surface area contributed by atoms with Crippen molar-refractivity contribution in [1.29, 1.82) is 0 Å². The van der Waals surface area contributed by atoms with Gasteiger partial charge in [-0.3, -0.25) is 0 Å². The van der Waals surface area contributed by atoms with Gasteiger partial charge in [-0.1, -0.05) is 6.07 Å². The van der Waals surface area contributed by atoms with Crippen LogP contribution in [0, 0.1) is 12.7 Å². The number of methoxy groups -OCH3 is 1. The van der Waals surface area contributed by atoms with Gasteiger partial charge in [0.2, 0.25) is 5.95 Å². The Kier molecular flexibility index (Phi) is 3.70. The van der Waals surface area contributed by atoms with Gasteiger partial charge in [-0.05, 0) is 31.2 Å². The van der Waals surface area contributed by atoms with Crippen LogP contribution >= 0.6 is 0 Å². The van der Waals surface area contributed by atoms with E-state index in [1.165, 1.54) is 25.3 Å². The zero-order chi connectivity index (χ0) is 13.8. The molecule has 0 saturated carbocycles. The molecule has 0 amide bonds. The van der Waals surface area contributed by atoms with Crippen LogP contribution in [0.5, 0.6) is 0 Å². The molecule has 0 aliphatic rings. The van der Waals surface area contributed by atoms with Gasteiger partial charge in [0.25, 0.3) is 0 Å². The van der Waals surface area contributed by atoms with Crippen LogP contribution in [-0.2, 0) is 4.74 Å². The monoisotopic (exact) mass is 261 g/mol. The van der Waals surface area contributed by atoms with Gasteiger partial charge >= 0.3 is 5.97 Å². The average molecular weight is 261 g/mol. The predicted molar refractivity (Wildman–Crippen MR) is 67.8 cm³/mol. The molecule has 0 aliphatic heterocycles. The molecule has 0 unspecified atom stereocenters. The lowest BCUT2D eigenvalue weighted by molar-refractivity contribution is 0.0594. The Bertz CT molecular complexity index is 617. The molecule has 0 atom stereocenters. The number of hydrogen-bond donors (Lipinski definition) is 1. The molecule has 0 spiro atoms. The lowest BCUT2D eigenvalue weighted by atomic mass is 10.3. The maximum atomic E-state index is 13.1. The molecule has 2 aromatic rings. The van der Waals surface area contributed by atoms with Crippen molar-refractivity contribution in [3.63, 3.8) is 0 Å². The highest BCUT2D eigenvalue weighted by molar-refractivity contribution is 5.87. The van der Waals surface area contributed by atoms with Crippen molar-refractivity contribution in [2.45, 2.75) is 6.92 Å². The highest BCUT2D eigenvalue weighted by Gasteiger charge is 2.10. The third-order valence-electron chi connectivity index (χ3n) is 2.33. The van der Waals surface area contributed by atoms with Gasteiger partial charge < -0.3 is 10.1 Å². The number of esters is 1. The normalized spacial score (nSPS) is 10.1. The predicted octanol–water partition coefficient (Wildman–Crippen LogP) is 2.45. The molecule has 19 heavy (non-hydrogen) atoms. The zero-order valence-electron chi connectivity index (χ0n) is 10.5. The smallest absolute Gasteiger partial charge is 0.356 e. The van der Waals surface area contributed by atoms with E-state index in [-0.39, 0.29) is 17.5 Å². The maximum Gasteiger partial charge on any atom is 0.356 e. The van der Waals surface area contributed by atoms with Gasteiger partial charge in [-0.2, -0.15) is 0 Å². The summed E-state index contributed by atoms with van der Waals surface area (Å²) in [5.74, 6) is -0.704. The van der Waals surface area contributed by atoms with E-state index >= 15 is 0 Å². The number of hydrogen-bond acceptors (Lipinski definition) is 5. The fraction of sp³-hybridized carbons (Fsp3) is 0.154. The zero-order valence-corrected chi connectivity index (χ0v) is 10.5. The van der Waals surface area contributed by atoms with Gasteiger partial charge in [0.05, 0.1) is 7.11 Å². The minimum atomic E-state index is -0.548. The van der Waals surface area contributed by atoms with Crippen molar-refractivity contribution >= 4 is 17.6 Å². The second kappa shape index (κ2) is 5.43. The second-order valence-corrected chi connectivity index (χ2v) is 3.85. The summed E-state index contributed by atoms with van der Waals surface area (Å²) in [4.78, 5) is 19.6. The number of halogens is 1. The van der Waals surface area contributed by atoms with Crippen LogP contribution in [0.25, 0.3) is 0 Å². The van der Waals surface area contributed by atoms with Crippen LogP contribution in [0.1, 0.15) is 16.2 Å². The SMILES string of the molecule is COC(=O)c1cc(C)nc(Nc2cccc(F)c2)n1. The van der Waals surface area contributed by atoms with Crippen LogP contribution in [0.15, 0.2) is 30.3 Å². The van der Waals surface area contributed by atoms with Crippen molar-refractivity contribution < 1.29 is 13.9 Å². The summed E-state index contributed by atoms with van der Waals surface area (Å²) in [6.07, 6.45) is 0. The fourth-order valence-electron chi connectivity index (χ4n) is 1.53. The molecule has 0 saturated heterocycles. The molecule has 0 fully saturated rings. The van der Waals surface area contributed by atoms with Gasteiger partial charge in [0.15, 0.2) is 5.69 Å². The van der Waals surface area contributed by atoms with Crippen molar-refractivity contribution in [3.05, 3.63) is 47.5 Å². The Balaban J connectivity index is 2.30. The molecular weight excluding hydrogens is 249 g/mol. The molecule has 98 valence electrons. The van der Waals surface area contributed by atoms with E-state index in [9.17, 15) is 9.18 Å². The fourth-order valence-corrected chi connectivity index (χ4v) is 1.53. The molecule has 5 nitrogen and oxygen atoms in total. The highest BCUT2D eigenvalue weighted by atomic mass is 19.1. The van der Waals surface area contributed by atoms with Gasteiger partial charge in [0.1, 0.15) is 5.82 Å². The summed E-state index contributed by atoms with van der Waals surface area (Å²) in [7, 11) is 1.28. The van der Waals surface area contributed by atoms with Gasteiger partial charge in [-0.25, -0.2) is 19.2 Å². The maximum absolute atomic E-state index is 13.1. The first-order valence-corrected chi connectivity index (χ1v) is 5.55. The number of carbonyl (C=O) groups is 1. The lowest BCUT2D eigenvalue weighted by Gasteiger charge is -2.07. The summed E-state index contributed by atoms with van der Waals surface area (Å²) < 4.78 is 17.7. The van der Waals surface area contributed by atoms with E-state index in [0.29, 0.717) is 11.4 Å². The number of nitrogens with zero attached hydrogens (tertiary/aromatic N) is 2. The first kappa shape index (κ1) is 12.9. The van der Waals surface area contributed by atoms with E-state index in [1.54, 1.807) is 19.1 Å². The van der Waals surface area contributed by atoms with Crippen LogP contribution in [-0.4, -0.2) is 23.0 Å². The topological polar surface area (TPSA) is 64.1 Å². The quantitative estimate of drug-likeness (QED) is 0.860. The minimum Gasteiger partial charge on any atom is -0.464 e. The third kappa shape index (κ3) is 3.25. The molecule has 2 rings (SSSR count). The number of ether oxygens (including phenoxy) is 1. The molecule has 1 aromatic heterocycles. The largest absolute Gasteiger partial charge is 0.464 e. The summed E-state index contributed by atoms with van der Waals surface area (Å²) >= 11 is 0. The molecule has 1 aromatic carbocycles. The number of rotatable bonds is 3. The van der Waals surface area contributed by atoms with Crippen molar-refractivity contribution in [2.75, 3.05) is 12.4 Å². The molecule has 1 N–H and O–H groups in total. The van der Waals surface area contributed by atoms with Crippen molar-refractivity contribution in [3.8, 4) is 0 Å². The van der Waals surface area contributed by atoms with E-state index in [4.69, 9.17) is 0 Å². The summed E-state index contributed by atoms with van der Waals surface area (Å²) in [5.41, 5.74) is 1.25. The van der Waals surface area contributed by atoms with Gasteiger partial charge in [-0.15, -0.1) is 0 Å². The van der Waals surface area contributed by atoms with E-state index in [1.807, 2.05) is 0 Å². The summed E-state index contributed by atoms with van der Waals surface area (Å²) in [6.45, 7) is 1.73. The Morgan fingerprint density at radius 3 is 2.79 bits per heavy atom. The molecular formula is C13H12FN3O2. The summed E-state index contributed by atoms with van der Waals surface area (Å²) in [5, 5.41) is 2.83. The van der Waals surface area contributed by atoms with Crippen LogP contribution in [0.3, 0.4) is 0 Å². The molecule has 0 aliphatic carbocycles. The van der Waals surface area contributed by atoms with Crippen LogP contribution < -0.4 is 5.32 Å².